The Hall–Kier alpha value is -1.46. The second-order valence-corrected chi connectivity index (χ2v) is 5.47. The minimum Gasteiger partial charge on any atom is -0.478 e. The SMILES string of the molecule is Nc1cc(Cl)c(N2CCCC2CCCO)c(C(=O)O)c1. The summed E-state index contributed by atoms with van der Waals surface area (Å²) in [6, 6.07) is 3.26. The van der Waals surface area contributed by atoms with E-state index in [0.717, 1.165) is 25.8 Å². The van der Waals surface area contributed by atoms with E-state index in [0.29, 0.717) is 22.8 Å². The molecule has 2 rings (SSSR count). The average Bonchev–Trinajstić information content (AvgIpc) is 2.83. The van der Waals surface area contributed by atoms with Gasteiger partial charge in [0.15, 0.2) is 0 Å². The zero-order chi connectivity index (χ0) is 14.7. The van der Waals surface area contributed by atoms with Gasteiger partial charge in [-0.05, 0) is 37.8 Å². The molecule has 110 valence electrons. The fourth-order valence-electron chi connectivity index (χ4n) is 2.83. The van der Waals surface area contributed by atoms with Crippen LogP contribution in [0.5, 0.6) is 0 Å². The number of hydrogen-bond acceptors (Lipinski definition) is 4. The van der Waals surface area contributed by atoms with Gasteiger partial charge in [0, 0.05) is 24.9 Å². The molecule has 1 saturated heterocycles. The number of aliphatic hydroxyl groups is 1. The molecule has 0 aromatic heterocycles. The standard InChI is InChI=1S/C14H19ClN2O3/c15-12-8-9(16)7-11(14(19)20)13(12)17-5-1-3-10(17)4-2-6-18/h7-8,10,18H,1-6,16H2,(H,19,20). The van der Waals surface area contributed by atoms with Crippen LogP contribution in [0.15, 0.2) is 12.1 Å². The number of nitrogen functional groups attached to an aromatic ring is 1. The maximum Gasteiger partial charge on any atom is 0.337 e. The third-order valence-electron chi connectivity index (χ3n) is 3.68. The number of rotatable bonds is 5. The van der Waals surface area contributed by atoms with Crippen molar-refractivity contribution in [3.05, 3.63) is 22.7 Å². The number of aromatic carboxylic acids is 1. The highest BCUT2D eigenvalue weighted by Crippen LogP contribution is 2.37. The summed E-state index contributed by atoms with van der Waals surface area (Å²) in [5.74, 6) is -1.03. The zero-order valence-electron chi connectivity index (χ0n) is 11.2. The smallest absolute Gasteiger partial charge is 0.337 e. The van der Waals surface area contributed by atoms with E-state index in [2.05, 4.69) is 0 Å². The summed E-state index contributed by atoms with van der Waals surface area (Å²) in [6.07, 6.45) is 3.52. The van der Waals surface area contributed by atoms with Crippen molar-refractivity contribution in [3.8, 4) is 0 Å². The third kappa shape index (κ3) is 2.99. The molecule has 1 aliphatic heterocycles. The minimum atomic E-state index is -1.03. The van der Waals surface area contributed by atoms with E-state index in [1.807, 2.05) is 4.90 Å². The van der Waals surface area contributed by atoms with Crippen LogP contribution in [0.2, 0.25) is 5.02 Å². The molecule has 0 bridgehead atoms. The van der Waals surface area contributed by atoms with Gasteiger partial charge in [-0.1, -0.05) is 11.6 Å². The van der Waals surface area contributed by atoms with E-state index in [4.69, 9.17) is 22.4 Å². The first-order valence-corrected chi connectivity index (χ1v) is 7.12. The Labute approximate surface area is 122 Å². The van der Waals surface area contributed by atoms with Crippen LogP contribution in [0.25, 0.3) is 0 Å². The van der Waals surface area contributed by atoms with Crippen LogP contribution < -0.4 is 10.6 Å². The highest BCUT2D eigenvalue weighted by atomic mass is 35.5. The van der Waals surface area contributed by atoms with Crippen molar-refractivity contribution >= 4 is 28.9 Å². The molecular weight excluding hydrogens is 280 g/mol. The number of carboxylic acids is 1. The number of halogens is 1. The Bertz CT molecular complexity index is 507. The van der Waals surface area contributed by atoms with Crippen molar-refractivity contribution in [2.45, 2.75) is 31.7 Å². The number of anilines is 2. The lowest BCUT2D eigenvalue weighted by Crippen LogP contribution is -2.31. The minimum absolute atomic E-state index is 0.144. The molecule has 5 nitrogen and oxygen atoms in total. The largest absolute Gasteiger partial charge is 0.478 e. The molecular formula is C14H19ClN2O3. The Morgan fingerprint density at radius 2 is 2.25 bits per heavy atom. The van der Waals surface area contributed by atoms with E-state index in [9.17, 15) is 9.90 Å². The second-order valence-electron chi connectivity index (χ2n) is 5.06. The lowest BCUT2D eigenvalue weighted by atomic mass is 10.1. The Kier molecular flexibility index (Phi) is 4.73. The number of nitrogens with zero attached hydrogens (tertiary/aromatic N) is 1. The second kappa shape index (κ2) is 6.33. The topological polar surface area (TPSA) is 86.8 Å². The molecule has 1 unspecified atom stereocenters. The Morgan fingerprint density at radius 3 is 2.90 bits per heavy atom. The van der Waals surface area contributed by atoms with E-state index in [1.54, 1.807) is 6.07 Å². The highest BCUT2D eigenvalue weighted by Gasteiger charge is 2.29. The molecule has 20 heavy (non-hydrogen) atoms. The fourth-order valence-corrected chi connectivity index (χ4v) is 3.17. The van der Waals surface area contributed by atoms with Gasteiger partial charge in [-0.25, -0.2) is 4.79 Å². The molecule has 1 heterocycles. The summed E-state index contributed by atoms with van der Waals surface area (Å²) < 4.78 is 0. The van der Waals surface area contributed by atoms with Crippen molar-refractivity contribution in [3.63, 3.8) is 0 Å². The fraction of sp³-hybridized carbons (Fsp3) is 0.500. The number of benzene rings is 1. The maximum atomic E-state index is 11.4. The first-order chi connectivity index (χ1) is 9.54. The lowest BCUT2D eigenvalue weighted by Gasteiger charge is -2.29. The monoisotopic (exact) mass is 298 g/mol. The number of hydrogen-bond donors (Lipinski definition) is 3. The van der Waals surface area contributed by atoms with Gasteiger partial charge in [-0.15, -0.1) is 0 Å². The van der Waals surface area contributed by atoms with Gasteiger partial charge < -0.3 is 20.8 Å². The molecule has 0 radical (unpaired) electrons. The predicted octanol–water partition coefficient (Wildman–Crippen LogP) is 2.36. The number of aliphatic hydroxyl groups excluding tert-OH is 1. The average molecular weight is 299 g/mol. The molecule has 0 amide bonds. The van der Waals surface area contributed by atoms with Gasteiger partial charge in [0.05, 0.1) is 16.3 Å². The van der Waals surface area contributed by atoms with Gasteiger partial charge in [0.2, 0.25) is 0 Å². The van der Waals surface area contributed by atoms with Gasteiger partial charge in [-0.2, -0.15) is 0 Å². The van der Waals surface area contributed by atoms with Crippen LogP contribution >= 0.6 is 11.6 Å². The highest BCUT2D eigenvalue weighted by molar-refractivity contribution is 6.34. The van der Waals surface area contributed by atoms with E-state index < -0.39 is 5.97 Å². The lowest BCUT2D eigenvalue weighted by molar-refractivity contribution is 0.0697. The number of nitrogens with two attached hydrogens (primary N) is 1. The molecule has 4 N–H and O–H groups in total. The summed E-state index contributed by atoms with van der Waals surface area (Å²) in [5.41, 5.74) is 6.72. The zero-order valence-corrected chi connectivity index (χ0v) is 11.9. The molecule has 1 atom stereocenters. The molecule has 0 aliphatic carbocycles. The molecule has 6 heteroatoms. The Balaban J connectivity index is 2.38. The van der Waals surface area contributed by atoms with Gasteiger partial charge >= 0.3 is 5.97 Å². The van der Waals surface area contributed by atoms with Crippen LogP contribution in [0.3, 0.4) is 0 Å². The van der Waals surface area contributed by atoms with Crippen LogP contribution in [-0.4, -0.2) is 35.4 Å². The van der Waals surface area contributed by atoms with Crippen LogP contribution in [0.4, 0.5) is 11.4 Å². The summed E-state index contributed by atoms with van der Waals surface area (Å²) in [7, 11) is 0. The van der Waals surface area contributed by atoms with Crippen molar-refractivity contribution < 1.29 is 15.0 Å². The van der Waals surface area contributed by atoms with Gasteiger partial charge in [0.1, 0.15) is 0 Å². The van der Waals surface area contributed by atoms with E-state index >= 15 is 0 Å². The van der Waals surface area contributed by atoms with Crippen molar-refractivity contribution in [2.24, 2.45) is 0 Å². The summed E-state index contributed by atoms with van der Waals surface area (Å²) in [6.45, 7) is 0.922. The summed E-state index contributed by atoms with van der Waals surface area (Å²) in [4.78, 5) is 13.5. The summed E-state index contributed by atoms with van der Waals surface area (Å²) >= 11 is 6.22. The van der Waals surface area contributed by atoms with Crippen molar-refractivity contribution in [2.75, 3.05) is 23.8 Å². The van der Waals surface area contributed by atoms with Crippen molar-refractivity contribution in [1.82, 2.24) is 0 Å². The third-order valence-corrected chi connectivity index (χ3v) is 3.96. The molecule has 0 saturated carbocycles. The molecule has 0 spiro atoms. The number of carboxylic acid groups (broad SMARTS) is 1. The summed E-state index contributed by atoms with van der Waals surface area (Å²) in [5, 5.41) is 18.7. The van der Waals surface area contributed by atoms with Crippen LogP contribution in [-0.2, 0) is 0 Å². The van der Waals surface area contributed by atoms with Crippen molar-refractivity contribution in [1.29, 1.82) is 0 Å². The first-order valence-electron chi connectivity index (χ1n) is 6.74. The van der Waals surface area contributed by atoms with E-state index in [1.165, 1.54) is 6.07 Å². The number of carbonyl (C=O) groups is 1. The first kappa shape index (κ1) is 14.9. The predicted molar refractivity (Wildman–Crippen MR) is 79.5 cm³/mol. The normalized spacial score (nSPS) is 18.5. The Morgan fingerprint density at radius 1 is 1.50 bits per heavy atom. The van der Waals surface area contributed by atoms with E-state index in [-0.39, 0.29) is 18.2 Å². The quantitative estimate of drug-likeness (QED) is 0.726. The molecule has 1 aromatic rings. The van der Waals surface area contributed by atoms with Crippen LogP contribution in [0, 0.1) is 0 Å². The maximum absolute atomic E-state index is 11.4. The van der Waals surface area contributed by atoms with Crippen LogP contribution in [0.1, 0.15) is 36.0 Å². The molecule has 1 aromatic carbocycles. The molecule has 1 fully saturated rings. The van der Waals surface area contributed by atoms with Gasteiger partial charge in [-0.3, -0.25) is 0 Å². The van der Waals surface area contributed by atoms with Gasteiger partial charge in [0.25, 0.3) is 0 Å². The molecule has 1 aliphatic rings.